The normalized spacial score (nSPS) is 9.68. The number of ketones is 1. The van der Waals surface area contributed by atoms with Crippen LogP contribution >= 0.6 is 22.6 Å². The molecule has 0 fully saturated rings. The van der Waals surface area contributed by atoms with Crippen LogP contribution in [-0.2, 0) is 0 Å². The predicted molar refractivity (Wildman–Crippen MR) is 83.1 cm³/mol. The zero-order valence-corrected chi connectivity index (χ0v) is 12.2. The monoisotopic (exact) mass is 362 g/mol. The summed E-state index contributed by atoms with van der Waals surface area (Å²) in [4.78, 5) is 11.9. The summed E-state index contributed by atoms with van der Waals surface area (Å²) in [6.07, 6.45) is 0. The lowest BCUT2D eigenvalue weighted by Gasteiger charge is -2.06. The third-order valence-electron chi connectivity index (χ3n) is 2.63. The summed E-state index contributed by atoms with van der Waals surface area (Å²) in [5.41, 5.74) is 2.08. The van der Waals surface area contributed by atoms with Gasteiger partial charge in [-0.15, -0.1) is 0 Å². The molecule has 0 radical (unpaired) electrons. The fraction of sp³-hybridized carbons (Fsp3) is 0.0667. The Morgan fingerprint density at radius 3 is 2.32 bits per heavy atom. The molecular formula is C15H11IN2O. The van der Waals surface area contributed by atoms with Crippen molar-refractivity contribution in [3.05, 3.63) is 63.2 Å². The Morgan fingerprint density at radius 1 is 1.11 bits per heavy atom. The molecule has 2 aromatic rings. The molecular weight excluding hydrogens is 351 g/mol. The summed E-state index contributed by atoms with van der Waals surface area (Å²) in [5, 5.41) is 11.8. The lowest BCUT2D eigenvalue weighted by atomic mass is 10.1. The van der Waals surface area contributed by atoms with Crippen molar-refractivity contribution in [2.24, 2.45) is 0 Å². The van der Waals surface area contributed by atoms with Crippen molar-refractivity contribution in [2.45, 2.75) is 0 Å². The number of nitrogens with zero attached hydrogens (tertiary/aromatic N) is 1. The Bertz CT molecular complexity index is 612. The van der Waals surface area contributed by atoms with Gasteiger partial charge in [0.1, 0.15) is 0 Å². The first kappa shape index (κ1) is 13.6. The van der Waals surface area contributed by atoms with Gasteiger partial charge in [-0.3, -0.25) is 4.79 Å². The largest absolute Gasteiger partial charge is 0.378 e. The van der Waals surface area contributed by atoms with E-state index in [0.717, 1.165) is 9.26 Å². The number of hydrogen-bond acceptors (Lipinski definition) is 3. The minimum Gasteiger partial charge on any atom is -0.378 e. The number of nitriles is 1. The maximum Gasteiger partial charge on any atom is 0.181 e. The summed E-state index contributed by atoms with van der Waals surface area (Å²) in [7, 11) is 0. The lowest BCUT2D eigenvalue weighted by Crippen LogP contribution is -2.13. The molecule has 0 atom stereocenters. The number of Topliss-reactive ketones (excluding diaryl/α,β-unsaturated/α-hetero) is 1. The number of carbonyl (C=O) groups is 1. The van der Waals surface area contributed by atoms with Crippen LogP contribution < -0.4 is 5.32 Å². The van der Waals surface area contributed by atoms with E-state index < -0.39 is 0 Å². The van der Waals surface area contributed by atoms with Crippen LogP contribution in [0.2, 0.25) is 0 Å². The number of rotatable bonds is 4. The van der Waals surface area contributed by atoms with Crippen molar-refractivity contribution in [1.29, 1.82) is 5.26 Å². The smallest absolute Gasteiger partial charge is 0.181 e. The highest BCUT2D eigenvalue weighted by molar-refractivity contribution is 14.1. The molecule has 0 saturated carbocycles. The Labute approximate surface area is 125 Å². The number of hydrogen-bond donors (Lipinski definition) is 1. The first-order chi connectivity index (χ1) is 9.19. The molecule has 0 bridgehead atoms. The maximum absolute atomic E-state index is 11.9. The van der Waals surface area contributed by atoms with Gasteiger partial charge in [-0.1, -0.05) is 12.1 Å². The predicted octanol–water partition coefficient (Wildman–Crippen LogP) is 3.46. The molecule has 94 valence electrons. The van der Waals surface area contributed by atoms with Crippen LogP contribution in [0.25, 0.3) is 0 Å². The summed E-state index contributed by atoms with van der Waals surface area (Å²) in [6, 6.07) is 16.5. The number of anilines is 1. The summed E-state index contributed by atoms with van der Waals surface area (Å²) in [5.74, 6) is 0.00281. The molecule has 0 aliphatic carbocycles. The fourth-order valence-corrected chi connectivity index (χ4v) is 1.94. The van der Waals surface area contributed by atoms with Crippen molar-refractivity contribution in [2.75, 3.05) is 11.9 Å². The Kier molecular flexibility index (Phi) is 4.53. The van der Waals surface area contributed by atoms with Gasteiger partial charge in [0.15, 0.2) is 5.78 Å². The first-order valence-electron chi connectivity index (χ1n) is 5.72. The molecule has 2 aromatic carbocycles. The van der Waals surface area contributed by atoms with E-state index in [1.165, 1.54) is 0 Å². The SMILES string of the molecule is N#Cc1ccc(C(=O)CNc2ccc(I)cc2)cc1. The van der Waals surface area contributed by atoms with E-state index in [1.54, 1.807) is 24.3 Å². The topological polar surface area (TPSA) is 52.9 Å². The van der Waals surface area contributed by atoms with Gasteiger partial charge in [0.2, 0.25) is 0 Å². The molecule has 0 saturated heterocycles. The standard InChI is InChI=1S/C15H11IN2O/c16-13-5-7-14(8-6-13)18-10-15(19)12-3-1-11(9-17)2-4-12/h1-8,18H,10H2. The third kappa shape index (κ3) is 3.80. The molecule has 0 aliphatic rings. The van der Waals surface area contributed by atoms with E-state index in [9.17, 15) is 4.79 Å². The zero-order valence-electron chi connectivity index (χ0n) is 10.1. The average Bonchev–Trinajstić information content (AvgIpc) is 2.46. The average molecular weight is 362 g/mol. The minimum absolute atomic E-state index is 0.00281. The van der Waals surface area contributed by atoms with Crippen LogP contribution in [0.4, 0.5) is 5.69 Å². The van der Waals surface area contributed by atoms with Gasteiger partial charge >= 0.3 is 0 Å². The van der Waals surface area contributed by atoms with Crippen LogP contribution in [0.3, 0.4) is 0 Å². The summed E-state index contributed by atoms with van der Waals surface area (Å²) < 4.78 is 1.15. The molecule has 0 spiro atoms. The van der Waals surface area contributed by atoms with Gasteiger partial charge in [-0.05, 0) is 59.0 Å². The second-order valence-corrected chi connectivity index (χ2v) is 5.22. The van der Waals surface area contributed by atoms with Crippen LogP contribution in [0, 0.1) is 14.9 Å². The second kappa shape index (κ2) is 6.34. The van der Waals surface area contributed by atoms with E-state index in [4.69, 9.17) is 5.26 Å². The second-order valence-electron chi connectivity index (χ2n) is 3.97. The molecule has 2 rings (SSSR count). The zero-order chi connectivity index (χ0) is 13.7. The highest BCUT2D eigenvalue weighted by Crippen LogP contribution is 2.11. The highest BCUT2D eigenvalue weighted by Gasteiger charge is 2.05. The van der Waals surface area contributed by atoms with E-state index in [0.29, 0.717) is 11.1 Å². The lowest BCUT2D eigenvalue weighted by molar-refractivity contribution is 0.101. The van der Waals surface area contributed by atoms with Crippen molar-refractivity contribution >= 4 is 34.1 Å². The van der Waals surface area contributed by atoms with Crippen LogP contribution in [0.5, 0.6) is 0 Å². The third-order valence-corrected chi connectivity index (χ3v) is 3.35. The summed E-state index contributed by atoms with van der Waals surface area (Å²) in [6.45, 7) is 0.243. The Balaban J connectivity index is 1.97. The molecule has 0 heterocycles. The van der Waals surface area contributed by atoms with Crippen molar-refractivity contribution in [3.8, 4) is 6.07 Å². The van der Waals surface area contributed by atoms with Gasteiger partial charge in [-0.25, -0.2) is 0 Å². The Hall–Kier alpha value is -1.87. The molecule has 0 aromatic heterocycles. The molecule has 0 aliphatic heterocycles. The first-order valence-corrected chi connectivity index (χ1v) is 6.80. The van der Waals surface area contributed by atoms with Crippen molar-refractivity contribution in [3.63, 3.8) is 0 Å². The van der Waals surface area contributed by atoms with E-state index in [1.807, 2.05) is 30.3 Å². The summed E-state index contributed by atoms with van der Waals surface area (Å²) >= 11 is 2.23. The minimum atomic E-state index is 0.00281. The molecule has 0 amide bonds. The highest BCUT2D eigenvalue weighted by atomic mass is 127. The number of nitrogens with one attached hydrogen (secondary N) is 1. The van der Waals surface area contributed by atoms with Crippen molar-refractivity contribution < 1.29 is 4.79 Å². The molecule has 3 nitrogen and oxygen atoms in total. The maximum atomic E-state index is 11.9. The molecule has 1 N–H and O–H groups in total. The van der Waals surface area contributed by atoms with Crippen LogP contribution in [-0.4, -0.2) is 12.3 Å². The molecule has 0 unspecified atom stereocenters. The van der Waals surface area contributed by atoms with Crippen molar-refractivity contribution in [1.82, 2.24) is 0 Å². The van der Waals surface area contributed by atoms with E-state index >= 15 is 0 Å². The van der Waals surface area contributed by atoms with Crippen LogP contribution in [0.1, 0.15) is 15.9 Å². The number of carbonyl (C=O) groups excluding carboxylic acids is 1. The van der Waals surface area contributed by atoms with Gasteiger partial charge in [-0.2, -0.15) is 5.26 Å². The van der Waals surface area contributed by atoms with E-state index in [-0.39, 0.29) is 12.3 Å². The Morgan fingerprint density at radius 2 is 1.74 bits per heavy atom. The van der Waals surface area contributed by atoms with Gasteiger partial charge < -0.3 is 5.32 Å². The molecule has 19 heavy (non-hydrogen) atoms. The van der Waals surface area contributed by atoms with Gasteiger partial charge in [0.05, 0.1) is 18.2 Å². The quantitative estimate of drug-likeness (QED) is 0.670. The molecule has 4 heteroatoms. The van der Waals surface area contributed by atoms with Gasteiger partial charge in [0.25, 0.3) is 0 Å². The fourth-order valence-electron chi connectivity index (χ4n) is 1.58. The number of halogens is 1. The number of benzene rings is 2. The van der Waals surface area contributed by atoms with Crippen LogP contribution in [0.15, 0.2) is 48.5 Å². The van der Waals surface area contributed by atoms with E-state index in [2.05, 4.69) is 27.9 Å². The van der Waals surface area contributed by atoms with Gasteiger partial charge in [0, 0.05) is 14.8 Å².